The maximum Gasteiger partial charge on any atom is 0.258 e. The van der Waals surface area contributed by atoms with E-state index in [0.29, 0.717) is 42.2 Å². The Labute approximate surface area is 280 Å². The van der Waals surface area contributed by atoms with Crippen molar-refractivity contribution in [1.29, 1.82) is 0 Å². The number of halogens is 1. The fraction of sp³-hybridized carbons (Fsp3) is 0.316. The Morgan fingerprint density at radius 2 is 1.68 bits per heavy atom. The largest absolute Gasteiger partial charge is 0.486 e. The number of nitrogens with zero attached hydrogens (tertiary/aromatic N) is 2. The molecule has 0 aromatic heterocycles. The van der Waals surface area contributed by atoms with Gasteiger partial charge in [0.1, 0.15) is 11.9 Å². The quantitative estimate of drug-likeness (QED) is 0.180. The van der Waals surface area contributed by atoms with Crippen molar-refractivity contribution in [2.45, 2.75) is 55.2 Å². The Hall–Kier alpha value is -4.18. The molecule has 246 valence electrons. The van der Waals surface area contributed by atoms with Gasteiger partial charge in [-0.15, -0.1) is 0 Å². The summed E-state index contributed by atoms with van der Waals surface area (Å²) in [5.41, 5.74) is 2.54. The summed E-state index contributed by atoms with van der Waals surface area (Å²) in [5.74, 6) is -1.30. The van der Waals surface area contributed by atoms with Crippen LogP contribution in [0.3, 0.4) is 0 Å². The first-order chi connectivity index (χ1) is 22.6. The second-order valence-electron chi connectivity index (χ2n) is 12.3. The monoisotopic (exact) mass is 655 g/mol. The van der Waals surface area contributed by atoms with Crippen LogP contribution in [0.2, 0.25) is 0 Å². The van der Waals surface area contributed by atoms with Crippen LogP contribution in [0, 0.1) is 11.7 Å². The number of likely N-dealkylation sites (N-methyl/N-ethyl adjacent to an activating group) is 1. The van der Waals surface area contributed by atoms with Gasteiger partial charge >= 0.3 is 0 Å². The van der Waals surface area contributed by atoms with E-state index in [4.69, 9.17) is 4.74 Å². The summed E-state index contributed by atoms with van der Waals surface area (Å²) in [6.07, 6.45) is -0.333. The van der Waals surface area contributed by atoms with Gasteiger partial charge in [-0.25, -0.2) is 4.39 Å². The van der Waals surface area contributed by atoms with Crippen molar-refractivity contribution in [3.63, 3.8) is 0 Å². The van der Waals surface area contributed by atoms with Crippen LogP contribution in [0.1, 0.15) is 48.2 Å². The van der Waals surface area contributed by atoms with Crippen LogP contribution >= 0.6 is 11.8 Å². The van der Waals surface area contributed by atoms with Crippen LogP contribution in [-0.4, -0.2) is 65.6 Å². The van der Waals surface area contributed by atoms with Gasteiger partial charge < -0.3 is 20.1 Å². The van der Waals surface area contributed by atoms with E-state index in [1.165, 1.54) is 21.9 Å². The number of carbonyl (C=O) groups excluding carboxylic acids is 2. The molecule has 1 aliphatic rings. The van der Waals surface area contributed by atoms with E-state index in [2.05, 4.69) is 46.6 Å². The van der Waals surface area contributed by atoms with E-state index >= 15 is 0 Å². The lowest BCUT2D eigenvalue weighted by molar-refractivity contribution is -0.117. The van der Waals surface area contributed by atoms with Crippen molar-refractivity contribution < 1.29 is 23.8 Å². The molecule has 7 nitrogen and oxygen atoms in total. The van der Waals surface area contributed by atoms with Crippen molar-refractivity contribution >= 4 is 29.3 Å². The second-order valence-corrected chi connectivity index (χ2v) is 13.5. The molecule has 4 aromatic carbocycles. The highest BCUT2D eigenvalue weighted by atomic mass is 32.2. The molecule has 0 aliphatic carbocycles. The van der Waals surface area contributed by atoms with Crippen molar-refractivity contribution in [1.82, 2.24) is 9.80 Å². The minimum Gasteiger partial charge on any atom is -0.486 e. The summed E-state index contributed by atoms with van der Waals surface area (Å²) in [5, 5.41) is 13.0. The number of hydrogen-bond acceptors (Lipinski definition) is 6. The molecule has 47 heavy (non-hydrogen) atoms. The highest BCUT2D eigenvalue weighted by molar-refractivity contribution is 7.99. The molecule has 2 amide bonds. The van der Waals surface area contributed by atoms with Gasteiger partial charge in [-0.2, -0.15) is 0 Å². The lowest BCUT2D eigenvalue weighted by Gasteiger charge is -2.38. The molecule has 9 heteroatoms. The molecule has 1 aliphatic heterocycles. The minimum atomic E-state index is -0.569. The molecule has 2 unspecified atom stereocenters. The number of anilines is 1. The smallest absolute Gasteiger partial charge is 0.258 e. The number of amides is 2. The van der Waals surface area contributed by atoms with Crippen LogP contribution in [0.4, 0.5) is 10.1 Å². The normalized spacial score (nSPS) is 17.7. The summed E-state index contributed by atoms with van der Waals surface area (Å²) >= 11 is 1.72. The lowest BCUT2D eigenvalue weighted by Crippen LogP contribution is -2.49. The fourth-order valence-corrected chi connectivity index (χ4v) is 6.51. The van der Waals surface area contributed by atoms with Crippen LogP contribution < -0.4 is 10.1 Å². The molecule has 0 radical (unpaired) electrons. The zero-order valence-corrected chi connectivity index (χ0v) is 28.0. The number of hydrogen-bond donors (Lipinski definition) is 2. The Morgan fingerprint density at radius 1 is 1.00 bits per heavy atom. The standard InChI is InChI=1S/C38H42FN3O4S/c1-25-21-42(26(2)24-43)38(45)33-11-8-12-34(40-37(44)27(3)29-15-17-30(39)18-16-29)36(33)46-35(25)23-41(4)22-28-13-19-32(20-14-28)47-31-9-6-5-7-10-31/h5-20,25-27,35,43H,21-24H2,1-4H3,(H,40,44)/t25-,26?,27?,35-/m1/s1. The zero-order chi connectivity index (χ0) is 33.5. The number of rotatable bonds is 11. The van der Waals surface area contributed by atoms with E-state index in [1.807, 2.05) is 39.1 Å². The van der Waals surface area contributed by atoms with E-state index in [1.54, 1.807) is 53.9 Å². The first-order valence-electron chi connectivity index (χ1n) is 15.9. The number of nitrogens with one attached hydrogen (secondary N) is 1. The van der Waals surface area contributed by atoms with E-state index in [9.17, 15) is 19.1 Å². The molecule has 4 atom stereocenters. The maximum atomic E-state index is 13.8. The average molecular weight is 656 g/mol. The number of aliphatic hydroxyl groups is 1. The molecular weight excluding hydrogens is 614 g/mol. The van der Waals surface area contributed by atoms with Crippen LogP contribution in [-0.2, 0) is 11.3 Å². The molecule has 4 aromatic rings. The van der Waals surface area contributed by atoms with Gasteiger partial charge in [0.25, 0.3) is 5.91 Å². The molecule has 5 rings (SSSR count). The predicted molar refractivity (Wildman–Crippen MR) is 184 cm³/mol. The zero-order valence-electron chi connectivity index (χ0n) is 27.2. The number of aliphatic hydroxyl groups excluding tert-OH is 1. The van der Waals surface area contributed by atoms with Gasteiger partial charge in [0, 0.05) is 35.3 Å². The number of ether oxygens (including phenoxy) is 1. The van der Waals surface area contributed by atoms with Crippen LogP contribution in [0.25, 0.3) is 0 Å². The molecular formula is C38H42FN3O4S. The molecule has 0 spiro atoms. The Balaban J connectivity index is 1.36. The van der Waals surface area contributed by atoms with Gasteiger partial charge in [-0.1, -0.05) is 67.2 Å². The third kappa shape index (κ3) is 8.60. The van der Waals surface area contributed by atoms with Gasteiger partial charge in [0.05, 0.1) is 29.8 Å². The Morgan fingerprint density at radius 3 is 2.36 bits per heavy atom. The SMILES string of the molecule is CC(C(=O)Nc1cccc2c1O[C@H](CN(C)Cc1ccc(Sc3ccccc3)cc1)[C@H](C)CN(C(C)CO)C2=O)c1ccc(F)cc1. The van der Waals surface area contributed by atoms with Crippen LogP contribution in [0.5, 0.6) is 5.75 Å². The molecule has 0 saturated heterocycles. The van der Waals surface area contributed by atoms with E-state index < -0.39 is 12.0 Å². The van der Waals surface area contributed by atoms with Crippen molar-refractivity contribution in [3.05, 3.63) is 120 Å². The van der Waals surface area contributed by atoms with Crippen molar-refractivity contribution in [2.75, 3.05) is 32.1 Å². The summed E-state index contributed by atoms with van der Waals surface area (Å²) in [6.45, 7) is 7.10. The summed E-state index contributed by atoms with van der Waals surface area (Å²) in [6, 6.07) is 29.4. The van der Waals surface area contributed by atoms with Crippen molar-refractivity contribution in [2.24, 2.45) is 5.92 Å². The van der Waals surface area contributed by atoms with Crippen LogP contribution in [0.15, 0.2) is 107 Å². The maximum absolute atomic E-state index is 13.8. The summed E-state index contributed by atoms with van der Waals surface area (Å²) in [4.78, 5) is 33.5. The third-order valence-electron chi connectivity index (χ3n) is 8.56. The lowest BCUT2D eigenvalue weighted by atomic mass is 9.98. The first kappa shape index (κ1) is 34.2. The summed E-state index contributed by atoms with van der Waals surface area (Å²) in [7, 11) is 2.04. The third-order valence-corrected chi connectivity index (χ3v) is 9.57. The topological polar surface area (TPSA) is 82.1 Å². The molecule has 1 heterocycles. The highest BCUT2D eigenvalue weighted by Crippen LogP contribution is 2.36. The number of fused-ring (bicyclic) bond motifs is 1. The van der Waals surface area contributed by atoms with Crippen molar-refractivity contribution in [3.8, 4) is 5.75 Å². The molecule has 0 bridgehead atoms. The number of para-hydroxylation sites is 1. The van der Waals surface area contributed by atoms with E-state index in [0.717, 1.165) is 5.56 Å². The first-order valence-corrected chi connectivity index (χ1v) is 16.7. The molecule has 0 saturated carbocycles. The van der Waals surface area contributed by atoms with Gasteiger partial charge in [0.2, 0.25) is 5.91 Å². The van der Waals surface area contributed by atoms with Gasteiger partial charge in [0.15, 0.2) is 5.75 Å². The predicted octanol–water partition coefficient (Wildman–Crippen LogP) is 7.07. The summed E-state index contributed by atoms with van der Waals surface area (Å²) < 4.78 is 20.2. The second kappa shape index (κ2) is 15.6. The number of carbonyl (C=O) groups is 2. The van der Waals surface area contributed by atoms with Gasteiger partial charge in [-0.3, -0.25) is 14.5 Å². The fourth-order valence-electron chi connectivity index (χ4n) is 5.67. The highest BCUT2D eigenvalue weighted by Gasteiger charge is 2.35. The molecule has 2 N–H and O–H groups in total. The molecule has 0 fully saturated rings. The Kier molecular flexibility index (Phi) is 11.3. The number of benzene rings is 4. The van der Waals surface area contributed by atoms with Gasteiger partial charge in [-0.05, 0) is 80.6 Å². The van der Waals surface area contributed by atoms with E-state index in [-0.39, 0.29) is 36.3 Å². The Bertz CT molecular complexity index is 1650. The average Bonchev–Trinajstić information content (AvgIpc) is 3.07. The minimum absolute atomic E-state index is 0.0879.